The summed E-state index contributed by atoms with van der Waals surface area (Å²) in [7, 11) is 3.43. The molecular formula is C26H33N3O3. The molecule has 2 aliphatic heterocycles. The monoisotopic (exact) mass is 435 g/mol. The van der Waals surface area contributed by atoms with E-state index >= 15 is 0 Å². The van der Waals surface area contributed by atoms with Crippen LogP contribution in [0.1, 0.15) is 42.0 Å². The summed E-state index contributed by atoms with van der Waals surface area (Å²) in [5, 5.41) is 3.14. The second kappa shape index (κ2) is 10.2. The topological polar surface area (TPSA) is 61.9 Å². The van der Waals surface area contributed by atoms with Crippen molar-refractivity contribution in [2.24, 2.45) is 5.92 Å². The highest BCUT2D eigenvalue weighted by Gasteiger charge is 2.38. The van der Waals surface area contributed by atoms with Crippen LogP contribution in [0.2, 0.25) is 0 Å². The molecule has 1 saturated heterocycles. The zero-order chi connectivity index (χ0) is 22.5. The van der Waals surface area contributed by atoms with Gasteiger partial charge >= 0.3 is 0 Å². The summed E-state index contributed by atoms with van der Waals surface area (Å²) in [6.45, 7) is 3.68. The van der Waals surface area contributed by atoms with Crippen LogP contribution in [0, 0.1) is 5.92 Å². The number of amides is 2. The van der Waals surface area contributed by atoms with Crippen molar-refractivity contribution in [1.82, 2.24) is 15.1 Å². The van der Waals surface area contributed by atoms with Gasteiger partial charge < -0.3 is 15.0 Å². The Kier molecular flexibility index (Phi) is 7.10. The van der Waals surface area contributed by atoms with Gasteiger partial charge in [0.1, 0.15) is 5.75 Å². The minimum atomic E-state index is -0.249. The molecule has 0 spiro atoms. The molecule has 2 aliphatic rings. The van der Waals surface area contributed by atoms with Crippen LogP contribution >= 0.6 is 0 Å². The van der Waals surface area contributed by atoms with Crippen molar-refractivity contribution in [3.8, 4) is 5.75 Å². The van der Waals surface area contributed by atoms with Gasteiger partial charge in [0.25, 0.3) is 0 Å². The van der Waals surface area contributed by atoms with E-state index in [1.807, 2.05) is 24.3 Å². The largest absolute Gasteiger partial charge is 0.497 e. The van der Waals surface area contributed by atoms with Crippen LogP contribution in [-0.2, 0) is 22.6 Å². The Morgan fingerprint density at radius 1 is 1.09 bits per heavy atom. The molecule has 0 radical (unpaired) electrons. The maximum Gasteiger partial charge on any atom is 0.225 e. The van der Waals surface area contributed by atoms with Crippen LogP contribution in [0.25, 0.3) is 0 Å². The minimum Gasteiger partial charge on any atom is -0.497 e. The Morgan fingerprint density at radius 2 is 1.84 bits per heavy atom. The Labute approximate surface area is 190 Å². The third-order valence-corrected chi connectivity index (χ3v) is 6.82. The lowest BCUT2D eigenvalue weighted by Gasteiger charge is -2.38. The number of hydrogen-bond acceptors (Lipinski definition) is 4. The van der Waals surface area contributed by atoms with Crippen molar-refractivity contribution in [3.63, 3.8) is 0 Å². The quantitative estimate of drug-likeness (QED) is 0.679. The first-order chi connectivity index (χ1) is 15.6. The Bertz CT molecular complexity index is 944. The van der Waals surface area contributed by atoms with Crippen LogP contribution in [0.4, 0.5) is 0 Å². The third-order valence-electron chi connectivity index (χ3n) is 6.82. The van der Waals surface area contributed by atoms with E-state index in [1.54, 1.807) is 19.1 Å². The Balaban J connectivity index is 1.31. The summed E-state index contributed by atoms with van der Waals surface area (Å²) in [6.07, 6.45) is 3.00. The van der Waals surface area contributed by atoms with Gasteiger partial charge in [0.15, 0.2) is 0 Å². The van der Waals surface area contributed by atoms with E-state index in [9.17, 15) is 9.59 Å². The van der Waals surface area contributed by atoms with E-state index in [0.29, 0.717) is 19.4 Å². The molecule has 2 heterocycles. The van der Waals surface area contributed by atoms with Crippen molar-refractivity contribution >= 4 is 11.8 Å². The van der Waals surface area contributed by atoms with Crippen molar-refractivity contribution in [1.29, 1.82) is 0 Å². The molecule has 0 unspecified atom stereocenters. The summed E-state index contributed by atoms with van der Waals surface area (Å²) < 4.78 is 5.25. The van der Waals surface area contributed by atoms with Gasteiger partial charge in [0.05, 0.1) is 19.1 Å². The van der Waals surface area contributed by atoms with Crippen LogP contribution < -0.4 is 10.1 Å². The van der Waals surface area contributed by atoms with Crippen LogP contribution in [-0.4, -0.2) is 55.4 Å². The molecule has 1 fully saturated rings. The number of rotatable bonds is 7. The van der Waals surface area contributed by atoms with Crippen molar-refractivity contribution < 1.29 is 14.3 Å². The molecule has 0 aliphatic carbocycles. The molecule has 170 valence electrons. The number of nitrogens with one attached hydrogen (secondary N) is 1. The van der Waals surface area contributed by atoms with Crippen molar-refractivity contribution in [3.05, 3.63) is 65.2 Å². The van der Waals surface area contributed by atoms with Crippen LogP contribution in [0.5, 0.6) is 5.75 Å². The van der Waals surface area contributed by atoms with Gasteiger partial charge in [0, 0.05) is 39.6 Å². The van der Waals surface area contributed by atoms with Gasteiger partial charge in [-0.15, -0.1) is 0 Å². The van der Waals surface area contributed by atoms with Gasteiger partial charge in [0.2, 0.25) is 11.8 Å². The highest BCUT2D eigenvalue weighted by atomic mass is 16.5. The maximum absolute atomic E-state index is 13.1. The number of methoxy groups -OCH3 is 1. The number of carbonyl (C=O) groups is 2. The van der Waals surface area contributed by atoms with Crippen molar-refractivity contribution in [2.75, 3.05) is 33.8 Å². The number of ether oxygens (including phenoxy) is 1. The highest BCUT2D eigenvalue weighted by molar-refractivity contribution is 5.84. The first-order valence-electron chi connectivity index (χ1n) is 11.5. The molecule has 1 N–H and O–H groups in total. The number of carbonyl (C=O) groups excluding carboxylic acids is 2. The standard InChI is InChI=1S/C26H33N3O3/c1-28-24(30)13-12-23(25(28)20-8-10-22(32-2)11-9-20)26(31)27-15-5-16-29-17-14-19-6-3-4-7-21(19)18-29/h3-4,6-11,23,25H,5,12-18H2,1-2H3,(H,27,31)/t23-,25+/m1/s1. The van der Waals surface area contributed by atoms with Crippen LogP contribution in [0.15, 0.2) is 48.5 Å². The average Bonchev–Trinajstić information content (AvgIpc) is 2.83. The fraction of sp³-hybridized carbons (Fsp3) is 0.462. The second-order valence-corrected chi connectivity index (χ2v) is 8.81. The van der Waals surface area contributed by atoms with E-state index < -0.39 is 0 Å². The predicted octanol–water partition coefficient (Wildman–Crippen LogP) is 3.17. The molecule has 6 nitrogen and oxygen atoms in total. The summed E-state index contributed by atoms with van der Waals surface area (Å²) in [5.41, 5.74) is 3.84. The summed E-state index contributed by atoms with van der Waals surface area (Å²) in [6, 6.07) is 16.1. The predicted molar refractivity (Wildman–Crippen MR) is 124 cm³/mol. The van der Waals surface area contributed by atoms with E-state index in [0.717, 1.165) is 43.8 Å². The lowest BCUT2D eigenvalue weighted by atomic mass is 9.84. The zero-order valence-corrected chi connectivity index (χ0v) is 19.0. The number of piperidine rings is 1. The van der Waals surface area contributed by atoms with E-state index in [-0.39, 0.29) is 23.8 Å². The molecular weight excluding hydrogens is 402 g/mol. The summed E-state index contributed by atoms with van der Waals surface area (Å²) in [4.78, 5) is 29.6. The lowest BCUT2D eigenvalue weighted by molar-refractivity contribution is -0.141. The highest BCUT2D eigenvalue weighted by Crippen LogP contribution is 2.36. The Hall–Kier alpha value is -2.86. The number of hydrogen-bond donors (Lipinski definition) is 1. The van der Waals surface area contributed by atoms with Gasteiger partial charge in [-0.25, -0.2) is 0 Å². The van der Waals surface area contributed by atoms with E-state index in [1.165, 1.54) is 11.1 Å². The van der Waals surface area contributed by atoms with Gasteiger partial charge in [-0.1, -0.05) is 36.4 Å². The molecule has 4 rings (SSSR count). The number of benzene rings is 2. The van der Waals surface area contributed by atoms with Gasteiger partial charge in [-0.3, -0.25) is 14.5 Å². The second-order valence-electron chi connectivity index (χ2n) is 8.81. The van der Waals surface area contributed by atoms with Crippen LogP contribution in [0.3, 0.4) is 0 Å². The molecule has 0 saturated carbocycles. The first-order valence-corrected chi connectivity index (χ1v) is 11.5. The Morgan fingerprint density at radius 3 is 2.59 bits per heavy atom. The SMILES string of the molecule is COc1ccc([C@H]2[C@H](C(=O)NCCCN3CCc4ccccc4C3)CCC(=O)N2C)cc1. The maximum atomic E-state index is 13.1. The molecule has 2 atom stereocenters. The first kappa shape index (κ1) is 22.3. The molecule has 2 aromatic rings. The van der Waals surface area contributed by atoms with E-state index in [4.69, 9.17) is 4.74 Å². The molecule has 32 heavy (non-hydrogen) atoms. The normalized spacial score (nSPS) is 21.2. The average molecular weight is 436 g/mol. The smallest absolute Gasteiger partial charge is 0.225 e. The summed E-state index contributed by atoms with van der Waals surface area (Å²) >= 11 is 0. The molecule has 6 heteroatoms. The van der Waals surface area contributed by atoms with E-state index in [2.05, 4.69) is 34.5 Å². The molecule has 0 aromatic heterocycles. The summed E-state index contributed by atoms with van der Waals surface area (Å²) in [5.74, 6) is 0.641. The number of likely N-dealkylation sites (tertiary alicyclic amines) is 1. The minimum absolute atomic E-state index is 0.0363. The zero-order valence-electron chi connectivity index (χ0n) is 19.0. The van der Waals surface area contributed by atoms with Gasteiger partial charge in [-0.2, -0.15) is 0 Å². The molecule has 2 aromatic carbocycles. The number of nitrogens with zero attached hydrogens (tertiary/aromatic N) is 2. The molecule has 2 amide bonds. The fourth-order valence-corrected chi connectivity index (χ4v) is 4.96. The lowest BCUT2D eigenvalue weighted by Crippen LogP contribution is -2.46. The number of fused-ring (bicyclic) bond motifs is 1. The van der Waals surface area contributed by atoms with Gasteiger partial charge in [-0.05, 0) is 48.1 Å². The fourth-order valence-electron chi connectivity index (χ4n) is 4.96. The van der Waals surface area contributed by atoms with Crippen molar-refractivity contribution in [2.45, 2.75) is 38.3 Å². The third kappa shape index (κ3) is 4.96. The molecule has 0 bridgehead atoms.